The van der Waals surface area contributed by atoms with E-state index in [9.17, 15) is 17.6 Å². The average Bonchev–Trinajstić information content (AvgIpc) is 2.42. The summed E-state index contributed by atoms with van der Waals surface area (Å²) in [6.07, 6.45) is 1.10. The van der Waals surface area contributed by atoms with Gasteiger partial charge in [-0.2, -0.15) is 4.31 Å². The smallest absolute Gasteiger partial charge is 0.245 e. The number of anilines is 1. The zero-order valence-corrected chi connectivity index (χ0v) is 13.5. The fourth-order valence-electron chi connectivity index (χ4n) is 2.30. The second-order valence-electron chi connectivity index (χ2n) is 4.91. The number of nitrogens with two attached hydrogens (primary N) is 2. The number of carbonyl (C=O) groups excluding carboxylic acids is 1. The Morgan fingerprint density at radius 2 is 2.10 bits per heavy atom. The molecule has 1 atom stereocenters. The number of nitrogens with zero attached hydrogens (tertiary/aromatic N) is 1. The second kappa shape index (κ2) is 5.90. The first-order valence-corrected chi connectivity index (χ1v) is 8.50. The summed E-state index contributed by atoms with van der Waals surface area (Å²) < 4.78 is 39.7. The van der Waals surface area contributed by atoms with Crippen molar-refractivity contribution in [2.75, 3.05) is 18.8 Å². The summed E-state index contributed by atoms with van der Waals surface area (Å²) in [5.74, 6) is -1.68. The molecule has 1 aliphatic heterocycles. The monoisotopic (exact) mass is 379 g/mol. The molecule has 21 heavy (non-hydrogen) atoms. The largest absolute Gasteiger partial charge is 0.398 e. The molecule has 1 aromatic rings. The van der Waals surface area contributed by atoms with E-state index in [0.717, 1.165) is 12.1 Å². The van der Waals surface area contributed by atoms with Gasteiger partial charge in [0.2, 0.25) is 15.9 Å². The summed E-state index contributed by atoms with van der Waals surface area (Å²) in [5, 5.41) is 0. The number of halogens is 2. The minimum absolute atomic E-state index is 0.0127. The summed E-state index contributed by atoms with van der Waals surface area (Å²) >= 11 is 2.94. The molecule has 1 fully saturated rings. The van der Waals surface area contributed by atoms with E-state index in [2.05, 4.69) is 15.9 Å². The van der Waals surface area contributed by atoms with E-state index < -0.39 is 27.7 Å². The zero-order valence-electron chi connectivity index (χ0n) is 11.1. The van der Waals surface area contributed by atoms with Gasteiger partial charge in [-0.05, 0) is 40.9 Å². The molecule has 0 bridgehead atoms. The fourth-order valence-corrected chi connectivity index (χ4v) is 4.44. The quantitative estimate of drug-likeness (QED) is 0.765. The van der Waals surface area contributed by atoms with Gasteiger partial charge in [0, 0.05) is 13.1 Å². The van der Waals surface area contributed by atoms with E-state index in [1.807, 2.05) is 0 Å². The third-order valence-corrected chi connectivity index (χ3v) is 5.99. The summed E-state index contributed by atoms with van der Waals surface area (Å²) in [6.45, 7) is 0.298. The topological polar surface area (TPSA) is 106 Å². The Morgan fingerprint density at radius 3 is 2.71 bits per heavy atom. The van der Waals surface area contributed by atoms with Crippen LogP contribution in [0.4, 0.5) is 10.1 Å². The minimum Gasteiger partial charge on any atom is -0.398 e. The van der Waals surface area contributed by atoms with Gasteiger partial charge < -0.3 is 11.5 Å². The van der Waals surface area contributed by atoms with Crippen molar-refractivity contribution in [2.24, 2.45) is 11.7 Å². The van der Waals surface area contributed by atoms with Gasteiger partial charge in [-0.1, -0.05) is 0 Å². The average molecular weight is 380 g/mol. The molecule has 1 unspecified atom stereocenters. The Morgan fingerprint density at radius 1 is 1.43 bits per heavy atom. The summed E-state index contributed by atoms with van der Waals surface area (Å²) in [5.41, 5.74) is 10.7. The van der Waals surface area contributed by atoms with Gasteiger partial charge >= 0.3 is 0 Å². The number of hydrogen-bond acceptors (Lipinski definition) is 4. The summed E-state index contributed by atoms with van der Waals surface area (Å²) in [7, 11) is -3.89. The zero-order chi connectivity index (χ0) is 15.8. The van der Waals surface area contributed by atoms with Crippen molar-refractivity contribution in [3.8, 4) is 0 Å². The molecule has 4 N–H and O–H groups in total. The standard InChI is InChI=1S/C12H15BrFN3O3S/c13-8-4-11(10(15)5-9(8)14)21(19,20)17-3-1-2-7(6-17)12(16)18/h4-5,7H,1-3,6,15H2,(H2,16,18). The molecule has 116 valence electrons. The molecule has 9 heteroatoms. The van der Waals surface area contributed by atoms with Gasteiger partial charge in [0.05, 0.1) is 16.1 Å². The van der Waals surface area contributed by atoms with Crippen molar-refractivity contribution in [1.29, 1.82) is 0 Å². The van der Waals surface area contributed by atoms with Crippen LogP contribution in [0.2, 0.25) is 0 Å². The molecule has 0 saturated carbocycles. The predicted molar refractivity (Wildman–Crippen MR) is 79.2 cm³/mol. The molecule has 0 aromatic heterocycles. The lowest BCUT2D eigenvalue weighted by Crippen LogP contribution is -2.44. The van der Waals surface area contributed by atoms with Crippen LogP contribution in [0.15, 0.2) is 21.5 Å². The highest BCUT2D eigenvalue weighted by Gasteiger charge is 2.33. The number of carbonyl (C=O) groups is 1. The molecule has 1 saturated heterocycles. The van der Waals surface area contributed by atoms with Gasteiger partial charge in [0.25, 0.3) is 0 Å². The molecular formula is C12H15BrFN3O3S. The molecule has 1 heterocycles. The van der Waals surface area contributed by atoms with Crippen LogP contribution in [0.5, 0.6) is 0 Å². The third kappa shape index (κ3) is 3.19. The van der Waals surface area contributed by atoms with Crippen LogP contribution in [0.3, 0.4) is 0 Å². The Hall–Kier alpha value is -1.19. The van der Waals surface area contributed by atoms with E-state index in [1.54, 1.807) is 0 Å². The van der Waals surface area contributed by atoms with Gasteiger partial charge in [-0.15, -0.1) is 0 Å². The molecule has 0 spiro atoms. The number of benzene rings is 1. The number of hydrogen-bond donors (Lipinski definition) is 2. The highest BCUT2D eigenvalue weighted by Crippen LogP contribution is 2.30. The van der Waals surface area contributed by atoms with Gasteiger partial charge in [0.1, 0.15) is 10.7 Å². The van der Waals surface area contributed by atoms with E-state index in [0.29, 0.717) is 12.8 Å². The molecule has 2 rings (SSSR count). The molecule has 0 radical (unpaired) electrons. The highest BCUT2D eigenvalue weighted by molar-refractivity contribution is 9.10. The first-order valence-electron chi connectivity index (χ1n) is 6.27. The number of sulfonamides is 1. The Bertz CT molecular complexity index is 681. The van der Waals surface area contributed by atoms with E-state index in [1.165, 1.54) is 4.31 Å². The lowest BCUT2D eigenvalue weighted by atomic mass is 9.99. The van der Waals surface area contributed by atoms with Crippen molar-refractivity contribution in [2.45, 2.75) is 17.7 Å². The number of nitrogen functional groups attached to an aromatic ring is 1. The third-order valence-electron chi connectivity index (χ3n) is 3.46. The van der Waals surface area contributed by atoms with E-state index >= 15 is 0 Å². The Balaban J connectivity index is 2.38. The van der Waals surface area contributed by atoms with Crippen LogP contribution in [0.25, 0.3) is 0 Å². The van der Waals surface area contributed by atoms with E-state index in [4.69, 9.17) is 11.5 Å². The molecular weight excluding hydrogens is 365 g/mol. The molecule has 1 amide bonds. The lowest BCUT2D eigenvalue weighted by molar-refractivity contribution is -0.122. The van der Waals surface area contributed by atoms with Crippen molar-refractivity contribution in [3.05, 3.63) is 22.4 Å². The van der Waals surface area contributed by atoms with Crippen molar-refractivity contribution in [3.63, 3.8) is 0 Å². The Kier molecular flexibility index (Phi) is 4.54. The fraction of sp³-hybridized carbons (Fsp3) is 0.417. The first kappa shape index (κ1) is 16.2. The van der Waals surface area contributed by atoms with Gasteiger partial charge in [0.15, 0.2) is 0 Å². The molecule has 6 nitrogen and oxygen atoms in total. The van der Waals surface area contributed by atoms with Crippen LogP contribution < -0.4 is 11.5 Å². The minimum atomic E-state index is -3.89. The SMILES string of the molecule is NC(=O)C1CCCN(S(=O)(=O)c2cc(Br)c(F)cc2N)C1. The maximum absolute atomic E-state index is 13.4. The number of amides is 1. The van der Waals surface area contributed by atoms with Crippen LogP contribution >= 0.6 is 15.9 Å². The maximum Gasteiger partial charge on any atom is 0.245 e. The van der Waals surface area contributed by atoms with Crippen LogP contribution in [0.1, 0.15) is 12.8 Å². The molecule has 0 aliphatic carbocycles. The van der Waals surface area contributed by atoms with E-state index in [-0.39, 0.29) is 28.1 Å². The van der Waals surface area contributed by atoms with Crippen LogP contribution in [-0.2, 0) is 14.8 Å². The highest BCUT2D eigenvalue weighted by atomic mass is 79.9. The van der Waals surface area contributed by atoms with Crippen LogP contribution in [0, 0.1) is 11.7 Å². The van der Waals surface area contributed by atoms with Gasteiger partial charge in [-0.25, -0.2) is 12.8 Å². The number of rotatable bonds is 3. The first-order chi connectivity index (χ1) is 9.73. The second-order valence-corrected chi connectivity index (χ2v) is 7.67. The lowest BCUT2D eigenvalue weighted by Gasteiger charge is -2.30. The summed E-state index contributed by atoms with van der Waals surface area (Å²) in [6, 6.07) is 2.08. The van der Waals surface area contributed by atoms with Gasteiger partial charge in [-0.3, -0.25) is 4.79 Å². The summed E-state index contributed by atoms with van der Waals surface area (Å²) in [4.78, 5) is 11.1. The Labute approximate surface area is 130 Å². The van der Waals surface area contributed by atoms with Crippen molar-refractivity contribution < 1.29 is 17.6 Å². The normalized spacial score (nSPS) is 20.4. The van der Waals surface area contributed by atoms with Crippen molar-refractivity contribution in [1.82, 2.24) is 4.31 Å². The molecule has 1 aliphatic rings. The number of primary amides is 1. The van der Waals surface area contributed by atoms with Crippen molar-refractivity contribution >= 4 is 37.5 Å². The van der Waals surface area contributed by atoms with Crippen LogP contribution in [-0.4, -0.2) is 31.7 Å². The number of piperidine rings is 1. The maximum atomic E-state index is 13.4. The molecule has 1 aromatic carbocycles. The predicted octanol–water partition coefficient (Wildman–Crippen LogP) is 1.06.